The van der Waals surface area contributed by atoms with Gasteiger partial charge in [0.15, 0.2) is 0 Å². The number of hydrogen-bond acceptors (Lipinski definition) is 5. The summed E-state index contributed by atoms with van der Waals surface area (Å²) < 4.78 is 0. The number of hydrogen-bond donors (Lipinski definition) is 3. The second kappa shape index (κ2) is 16.5. The molecular weight excluding hydrogens is 466 g/mol. The van der Waals surface area contributed by atoms with Crippen molar-refractivity contribution in [3.63, 3.8) is 0 Å². The van der Waals surface area contributed by atoms with Crippen LogP contribution in [0.5, 0.6) is 0 Å². The predicted octanol–water partition coefficient (Wildman–Crippen LogP) is 2.18. The number of nitrogens with zero attached hydrogens (tertiary/aromatic N) is 2. The highest BCUT2D eigenvalue weighted by Gasteiger charge is 2.35. The molecule has 1 heterocycles. The van der Waals surface area contributed by atoms with Crippen molar-refractivity contribution < 1.29 is 14.4 Å². The highest BCUT2D eigenvalue weighted by atomic mass is 16.2. The first-order chi connectivity index (χ1) is 17.9. The van der Waals surface area contributed by atoms with E-state index in [2.05, 4.69) is 17.2 Å². The average Bonchev–Trinajstić information content (AvgIpc) is 3.37. The van der Waals surface area contributed by atoms with Gasteiger partial charge in [0.05, 0.1) is 13.1 Å². The van der Waals surface area contributed by atoms with Crippen LogP contribution in [0.4, 0.5) is 0 Å². The Morgan fingerprint density at radius 2 is 2.00 bits per heavy atom. The molecule has 0 radical (unpaired) electrons. The van der Waals surface area contributed by atoms with Gasteiger partial charge in [-0.05, 0) is 51.6 Å². The summed E-state index contributed by atoms with van der Waals surface area (Å²) in [6.07, 6.45) is 11.0. The second-order valence-electron chi connectivity index (χ2n) is 9.43. The van der Waals surface area contributed by atoms with Gasteiger partial charge >= 0.3 is 0 Å². The molecule has 8 nitrogen and oxygen atoms in total. The van der Waals surface area contributed by atoms with Crippen LogP contribution in [0, 0.1) is 0 Å². The number of nitrogens with two attached hydrogens (primary N) is 1. The number of amides is 3. The van der Waals surface area contributed by atoms with E-state index in [0.717, 1.165) is 30.4 Å². The fourth-order valence-electron chi connectivity index (χ4n) is 4.54. The van der Waals surface area contributed by atoms with Crippen molar-refractivity contribution in [2.75, 3.05) is 39.8 Å². The van der Waals surface area contributed by atoms with Gasteiger partial charge in [-0.1, -0.05) is 66.8 Å². The van der Waals surface area contributed by atoms with Gasteiger partial charge in [0.1, 0.15) is 6.04 Å². The molecule has 3 amide bonds. The molecule has 0 spiro atoms. The standard InChI is InChI=1S/C29H43N5O3/c1-4-5-7-11-23(2)15-16-26(32-27(35)21-31-3)29(37)34-18-10-14-25(34)22-33(28(36)20-30)19-17-24-12-8-6-9-13-24/h4-9,11-13,25-26,31H,1,10,14-22,30H2,2-3H3,(H,32,35)/b7-5-,23-11+. The van der Waals surface area contributed by atoms with Crippen molar-refractivity contribution in [3.8, 4) is 0 Å². The molecule has 8 heteroatoms. The quantitative estimate of drug-likeness (QED) is 0.314. The second-order valence-corrected chi connectivity index (χ2v) is 9.43. The Labute approximate surface area is 221 Å². The molecule has 2 rings (SSSR count). The van der Waals surface area contributed by atoms with E-state index < -0.39 is 6.04 Å². The van der Waals surface area contributed by atoms with Crippen molar-refractivity contribution in [3.05, 3.63) is 72.4 Å². The van der Waals surface area contributed by atoms with Crippen molar-refractivity contribution in [2.24, 2.45) is 5.73 Å². The summed E-state index contributed by atoms with van der Waals surface area (Å²) in [4.78, 5) is 42.3. The topological polar surface area (TPSA) is 108 Å². The Kier molecular flexibility index (Phi) is 13.4. The lowest BCUT2D eigenvalue weighted by Gasteiger charge is -2.33. The maximum absolute atomic E-state index is 13.7. The molecule has 1 fully saturated rings. The van der Waals surface area contributed by atoms with E-state index in [4.69, 9.17) is 5.73 Å². The van der Waals surface area contributed by atoms with Gasteiger partial charge in [-0.15, -0.1) is 0 Å². The number of carbonyl (C=O) groups is 3. The number of nitrogens with one attached hydrogen (secondary N) is 2. The van der Waals surface area contributed by atoms with E-state index in [1.165, 1.54) is 0 Å². The first kappa shape index (κ1) is 30.0. The van der Waals surface area contributed by atoms with Crippen LogP contribution in [0.25, 0.3) is 0 Å². The molecule has 0 aliphatic carbocycles. The average molecular weight is 510 g/mol. The monoisotopic (exact) mass is 509 g/mol. The number of allylic oxidation sites excluding steroid dienone is 5. The maximum Gasteiger partial charge on any atom is 0.245 e. The van der Waals surface area contributed by atoms with Gasteiger partial charge in [-0.25, -0.2) is 0 Å². The lowest BCUT2D eigenvalue weighted by Crippen LogP contribution is -2.54. The molecule has 1 aromatic rings. The van der Waals surface area contributed by atoms with Gasteiger partial charge in [0.25, 0.3) is 0 Å². The molecule has 0 aromatic heterocycles. The minimum Gasteiger partial charge on any atom is -0.343 e. The van der Waals surface area contributed by atoms with Crippen molar-refractivity contribution in [2.45, 2.75) is 51.1 Å². The van der Waals surface area contributed by atoms with Gasteiger partial charge < -0.3 is 26.2 Å². The highest BCUT2D eigenvalue weighted by molar-refractivity contribution is 5.88. The molecule has 0 bridgehead atoms. The van der Waals surface area contributed by atoms with Crippen LogP contribution in [0.2, 0.25) is 0 Å². The van der Waals surface area contributed by atoms with E-state index >= 15 is 0 Å². The molecule has 1 saturated heterocycles. The van der Waals surface area contributed by atoms with E-state index in [1.54, 1.807) is 18.0 Å². The lowest BCUT2D eigenvalue weighted by atomic mass is 10.0. The molecule has 2 atom stereocenters. The summed E-state index contributed by atoms with van der Waals surface area (Å²) in [6.45, 7) is 7.35. The summed E-state index contributed by atoms with van der Waals surface area (Å²) in [7, 11) is 1.70. The van der Waals surface area contributed by atoms with E-state index in [1.807, 2.05) is 60.4 Å². The number of likely N-dealkylation sites (N-methyl/N-ethyl adjacent to an activating group) is 1. The smallest absolute Gasteiger partial charge is 0.245 e. The largest absolute Gasteiger partial charge is 0.343 e. The zero-order chi connectivity index (χ0) is 27.0. The van der Waals surface area contributed by atoms with Crippen LogP contribution in [-0.2, 0) is 20.8 Å². The fourth-order valence-corrected chi connectivity index (χ4v) is 4.54. The van der Waals surface area contributed by atoms with Crippen LogP contribution in [0.15, 0.2) is 66.8 Å². The molecule has 37 heavy (non-hydrogen) atoms. The van der Waals surface area contributed by atoms with Gasteiger partial charge in [0.2, 0.25) is 17.7 Å². The van der Waals surface area contributed by atoms with Crippen LogP contribution in [0.3, 0.4) is 0 Å². The van der Waals surface area contributed by atoms with Crippen LogP contribution < -0.4 is 16.4 Å². The van der Waals surface area contributed by atoms with Crippen LogP contribution in [0.1, 0.15) is 38.2 Å². The Hall–Kier alpha value is -3.23. The molecule has 4 N–H and O–H groups in total. The number of rotatable bonds is 15. The fraction of sp³-hybridized carbons (Fsp3) is 0.483. The van der Waals surface area contributed by atoms with Crippen LogP contribution >= 0.6 is 0 Å². The van der Waals surface area contributed by atoms with Crippen molar-refractivity contribution in [1.82, 2.24) is 20.4 Å². The summed E-state index contributed by atoms with van der Waals surface area (Å²) in [5.41, 5.74) is 7.97. The minimum atomic E-state index is -0.629. The maximum atomic E-state index is 13.7. The Bertz CT molecular complexity index is 944. The van der Waals surface area contributed by atoms with Gasteiger partial charge in [-0.2, -0.15) is 0 Å². The normalized spacial score (nSPS) is 16.6. The summed E-state index contributed by atoms with van der Waals surface area (Å²) in [5, 5.41) is 5.76. The third kappa shape index (κ3) is 10.3. The van der Waals surface area contributed by atoms with Gasteiger partial charge in [-0.3, -0.25) is 14.4 Å². The first-order valence-corrected chi connectivity index (χ1v) is 13.1. The molecule has 1 aromatic carbocycles. The van der Waals surface area contributed by atoms with E-state index in [-0.39, 0.29) is 36.9 Å². The Balaban J connectivity index is 2.11. The van der Waals surface area contributed by atoms with Gasteiger partial charge in [0, 0.05) is 25.7 Å². The van der Waals surface area contributed by atoms with Crippen LogP contribution in [-0.4, -0.2) is 79.4 Å². The molecule has 202 valence electrons. The predicted molar refractivity (Wildman–Crippen MR) is 149 cm³/mol. The summed E-state index contributed by atoms with van der Waals surface area (Å²) in [5.74, 6) is -0.431. The van der Waals surface area contributed by atoms with E-state index in [9.17, 15) is 14.4 Å². The third-order valence-electron chi connectivity index (χ3n) is 6.56. The summed E-state index contributed by atoms with van der Waals surface area (Å²) in [6, 6.07) is 9.28. The molecule has 2 unspecified atom stereocenters. The molecule has 1 aliphatic heterocycles. The first-order valence-electron chi connectivity index (χ1n) is 13.1. The molecule has 1 aliphatic rings. The molecule has 0 saturated carbocycles. The number of benzene rings is 1. The molecular formula is C29H43N5O3. The third-order valence-corrected chi connectivity index (χ3v) is 6.56. The zero-order valence-corrected chi connectivity index (χ0v) is 22.3. The highest BCUT2D eigenvalue weighted by Crippen LogP contribution is 2.21. The zero-order valence-electron chi connectivity index (χ0n) is 22.3. The lowest BCUT2D eigenvalue weighted by molar-refractivity contribution is -0.139. The Morgan fingerprint density at radius 1 is 1.24 bits per heavy atom. The SMILES string of the molecule is C=C/C=C\C=C(/C)CCC(NC(=O)CNC)C(=O)N1CCCC1CN(CCc1ccccc1)C(=O)CN. The van der Waals surface area contributed by atoms with Crippen molar-refractivity contribution in [1.29, 1.82) is 0 Å². The summed E-state index contributed by atoms with van der Waals surface area (Å²) >= 11 is 0. The number of likely N-dealkylation sites (tertiary alicyclic amines) is 1. The minimum absolute atomic E-state index is 0.0654. The number of carbonyl (C=O) groups excluding carboxylic acids is 3. The Morgan fingerprint density at radius 3 is 2.68 bits per heavy atom. The van der Waals surface area contributed by atoms with E-state index in [0.29, 0.717) is 32.5 Å². The van der Waals surface area contributed by atoms with Crippen molar-refractivity contribution >= 4 is 17.7 Å².